The Labute approximate surface area is 151 Å². The molecular formula is C18H21ClN4O2. The molecule has 6 nitrogen and oxygen atoms in total. The summed E-state index contributed by atoms with van der Waals surface area (Å²) in [6, 6.07) is 5.41. The molecule has 2 heterocycles. The molecule has 1 saturated carbocycles. The maximum absolute atomic E-state index is 12.9. The molecule has 3 aliphatic rings. The number of carbonyl (C=O) groups is 2. The molecule has 25 heavy (non-hydrogen) atoms. The van der Waals surface area contributed by atoms with Crippen molar-refractivity contribution in [2.24, 2.45) is 4.99 Å². The summed E-state index contributed by atoms with van der Waals surface area (Å²) >= 11 is 6.13. The van der Waals surface area contributed by atoms with E-state index in [2.05, 4.69) is 10.3 Å². The summed E-state index contributed by atoms with van der Waals surface area (Å²) in [7, 11) is 0. The topological polar surface area (TPSA) is 65.0 Å². The Balaban J connectivity index is 1.57. The fraction of sp³-hybridized carbons (Fsp3) is 0.500. The highest BCUT2D eigenvalue weighted by Crippen LogP contribution is 2.33. The molecule has 3 amide bonds. The second-order valence-electron chi connectivity index (χ2n) is 6.79. The van der Waals surface area contributed by atoms with Gasteiger partial charge in [0.15, 0.2) is 0 Å². The van der Waals surface area contributed by atoms with Gasteiger partial charge in [0.1, 0.15) is 12.4 Å². The van der Waals surface area contributed by atoms with E-state index in [1.54, 1.807) is 17.0 Å². The first-order valence-electron chi connectivity index (χ1n) is 8.86. The summed E-state index contributed by atoms with van der Waals surface area (Å²) in [4.78, 5) is 33.0. The van der Waals surface area contributed by atoms with Crippen LogP contribution in [0.5, 0.6) is 0 Å². The Morgan fingerprint density at radius 3 is 2.88 bits per heavy atom. The van der Waals surface area contributed by atoms with Crippen LogP contribution in [0.25, 0.3) is 0 Å². The largest absolute Gasteiger partial charge is 0.352 e. The zero-order chi connectivity index (χ0) is 17.4. The third kappa shape index (κ3) is 3.11. The van der Waals surface area contributed by atoms with Gasteiger partial charge >= 0.3 is 6.03 Å². The fourth-order valence-corrected chi connectivity index (χ4v) is 4.01. The summed E-state index contributed by atoms with van der Waals surface area (Å²) in [5.74, 6) is 0.561. The van der Waals surface area contributed by atoms with Crippen LogP contribution in [0, 0.1) is 0 Å². The van der Waals surface area contributed by atoms with E-state index in [4.69, 9.17) is 11.6 Å². The number of urea groups is 1. The van der Waals surface area contributed by atoms with E-state index >= 15 is 0 Å². The minimum absolute atomic E-state index is 0.00640. The Kier molecular flexibility index (Phi) is 4.37. The van der Waals surface area contributed by atoms with Crippen LogP contribution >= 0.6 is 11.6 Å². The van der Waals surface area contributed by atoms with E-state index in [1.807, 2.05) is 6.07 Å². The molecule has 1 aliphatic carbocycles. The number of nitrogens with zero attached hydrogens (tertiary/aromatic N) is 3. The minimum atomic E-state index is -0.204. The molecule has 0 atom stereocenters. The lowest BCUT2D eigenvalue weighted by Gasteiger charge is -2.35. The average Bonchev–Trinajstić information content (AvgIpc) is 3.09. The number of nitrogens with one attached hydrogen (secondary N) is 1. The standard InChI is InChI=1S/C18H21ClN4O2/c19-12-6-7-14-15(10-12)23(18(25)22-9-8-20-17(14)22)11-16(24)21-13-4-2-1-3-5-13/h6-7,10,13H,1-5,8-9,11H2,(H,21,24). The molecular weight excluding hydrogens is 340 g/mol. The van der Waals surface area contributed by atoms with Gasteiger partial charge in [-0.25, -0.2) is 4.79 Å². The molecule has 0 radical (unpaired) electrons. The van der Waals surface area contributed by atoms with E-state index in [0.717, 1.165) is 31.2 Å². The van der Waals surface area contributed by atoms with Crippen LogP contribution in [0.15, 0.2) is 23.2 Å². The molecule has 1 aromatic carbocycles. The first kappa shape index (κ1) is 16.4. The Morgan fingerprint density at radius 2 is 2.08 bits per heavy atom. The summed E-state index contributed by atoms with van der Waals surface area (Å²) in [6.07, 6.45) is 5.58. The van der Waals surface area contributed by atoms with Crippen molar-refractivity contribution in [1.29, 1.82) is 0 Å². The van der Waals surface area contributed by atoms with Crippen molar-refractivity contribution >= 4 is 35.1 Å². The van der Waals surface area contributed by atoms with Crippen LogP contribution in [0.4, 0.5) is 10.5 Å². The number of fused-ring (bicyclic) bond motifs is 3. The Hall–Kier alpha value is -2.08. The van der Waals surface area contributed by atoms with Gasteiger partial charge in [0, 0.05) is 23.2 Å². The number of amidine groups is 1. The molecule has 2 aliphatic heterocycles. The molecule has 1 aromatic rings. The van der Waals surface area contributed by atoms with Gasteiger partial charge in [0.2, 0.25) is 5.91 Å². The molecule has 0 spiro atoms. The number of benzene rings is 1. The summed E-state index contributed by atoms with van der Waals surface area (Å²) < 4.78 is 0. The molecule has 0 unspecified atom stereocenters. The molecule has 7 heteroatoms. The van der Waals surface area contributed by atoms with Crippen LogP contribution < -0.4 is 10.2 Å². The third-order valence-corrected chi connectivity index (χ3v) is 5.30. The van der Waals surface area contributed by atoms with Crippen LogP contribution in [0.2, 0.25) is 5.02 Å². The highest BCUT2D eigenvalue weighted by Gasteiger charge is 2.38. The maximum atomic E-state index is 12.9. The van der Waals surface area contributed by atoms with Crippen molar-refractivity contribution in [3.8, 4) is 0 Å². The number of anilines is 1. The van der Waals surface area contributed by atoms with Gasteiger partial charge in [0.05, 0.1) is 12.2 Å². The maximum Gasteiger partial charge on any atom is 0.330 e. The van der Waals surface area contributed by atoms with Crippen LogP contribution in [-0.4, -0.2) is 48.3 Å². The lowest BCUT2D eigenvalue weighted by atomic mass is 9.95. The van der Waals surface area contributed by atoms with Crippen molar-refractivity contribution in [1.82, 2.24) is 10.2 Å². The van der Waals surface area contributed by atoms with E-state index < -0.39 is 0 Å². The van der Waals surface area contributed by atoms with Crippen LogP contribution in [0.1, 0.15) is 37.7 Å². The molecule has 1 N–H and O–H groups in total. The Morgan fingerprint density at radius 1 is 1.28 bits per heavy atom. The van der Waals surface area contributed by atoms with E-state index in [9.17, 15) is 9.59 Å². The normalized spacial score (nSPS) is 20.2. The summed E-state index contributed by atoms with van der Waals surface area (Å²) in [5.41, 5.74) is 1.51. The monoisotopic (exact) mass is 360 g/mol. The Bertz CT molecular complexity index is 743. The smallest absolute Gasteiger partial charge is 0.330 e. The number of carbonyl (C=O) groups excluding carboxylic acids is 2. The summed E-state index contributed by atoms with van der Waals surface area (Å²) in [5, 5.41) is 3.62. The quantitative estimate of drug-likeness (QED) is 0.900. The van der Waals surface area contributed by atoms with E-state index in [0.29, 0.717) is 29.6 Å². The van der Waals surface area contributed by atoms with Gasteiger partial charge < -0.3 is 5.32 Å². The fourth-order valence-electron chi connectivity index (χ4n) is 3.85. The third-order valence-electron chi connectivity index (χ3n) is 5.07. The van der Waals surface area contributed by atoms with Gasteiger partial charge in [-0.2, -0.15) is 0 Å². The molecule has 4 rings (SSSR count). The molecule has 1 fully saturated rings. The van der Waals surface area contributed by atoms with Crippen molar-refractivity contribution in [3.05, 3.63) is 28.8 Å². The molecule has 132 valence electrons. The highest BCUT2D eigenvalue weighted by atomic mass is 35.5. The number of halogens is 1. The van der Waals surface area contributed by atoms with Gasteiger partial charge in [-0.15, -0.1) is 0 Å². The minimum Gasteiger partial charge on any atom is -0.352 e. The molecule has 0 bridgehead atoms. The number of hydrogen-bond acceptors (Lipinski definition) is 3. The number of rotatable bonds is 3. The lowest BCUT2D eigenvalue weighted by molar-refractivity contribution is -0.120. The summed E-state index contributed by atoms with van der Waals surface area (Å²) in [6.45, 7) is 1.15. The molecule has 0 aromatic heterocycles. The van der Waals surface area contributed by atoms with Gasteiger partial charge in [-0.3, -0.25) is 19.6 Å². The predicted molar refractivity (Wildman–Crippen MR) is 97.3 cm³/mol. The second-order valence-corrected chi connectivity index (χ2v) is 7.23. The first-order valence-corrected chi connectivity index (χ1v) is 9.24. The van der Waals surface area contributed by atoms with Crippen molar-refractivity contribution in [2.45, 2.75) is 38.1 Å². The number of aliphatic imine (C=N–C) groups is 1. The van der Waals surface area contributed by atoms with Gasteiger partial charge in [-0.1, -0.05) is 30.9 Å². The van der Waals surface area contributed by atoms with Crippen molar-refractivity contribution in [2.75, 3.05) is 24.5 Å². The highest BCUT2D eigenvalue weighted by molar-refractivity contribution is 6.31. The number of hydrogen-bond donors (Lipinski definition) is 1. The molecule has 0 saturated heterocycles. The van der Waals surface area contributed by atoms with Gasteiger partial charge in [0.25, 0.3) is 0 Å². The number of amides is 3. The second kappa shape index (κ2) is 6.67. The SMILES string of the molecule is O=C(CN1C(=O)N2CCN=C2c2ccc(Cl)cc21)NC1CCCCC1. The first-order chi connectivity index (χ1) is 12.1. The van der Waals surface area contributed by atoms with Gasteiger partial charge in [-0.05, 0) is 31.0 Å². The van der Waals surface area contributed by atoms with Crippen LogP contribution in [-0.2, 0) is 4.79 Å². The van der Waals surface area contributed by atoms with Crippen molar-refractivity contribution in [3.63, 3.8) is 0 Å². The van der Waals surface area contributed by atoms with E-state index in [-0.39, 0.29) is 24.5 Å². The van der Waals surface area contributed by atoms with E-state index in [1.165, 1.54) is 11.3 Å². The van der Waals surface area contributed by atoms with Crippen molar-refractivity contribution < 1.29 is 9.59 Å². The zero-order valence-corrected chi connectivity index (χ0v) is 14.8. The lowest BCUT2D eigenvalue weighted by Crippen LogP contribution is -2.53. The average molecular weight is 361 g/mol. The zero-order valence-electron chi connectivity index (χ0n) is 14.0. The predicted octanol–water partition coefficient (Wildman–Crippen LogP) is 2.79. The van der Waals surface area contributed by atoms with Crippen LogP contribution in [0.3, 0.4) is 0 Å².